The Balaban J connectivity index is 0.000000401. The van der Waals surface area contributed by atoms with Crippen molar-refractivity contribution in [3.05, 3.63) is 107 Å². The minimum Gasteiger partial charge on any atom is -0.469 e. The first-order valence-electron chi connectivity index (χ1n) is 13.2. The summed E-state index contributed by atoms with van der Waals surface area (Å²) in [5.74, 6) is -0.383. The lowest BCUT2D eigenvalue weighted by Gasteiger charge is -2.12. The van der Waals surface area contributed by atoms with Gasteiger partial charge in [-0.25, -0.2) is 0 Å². The number of methoxy groups -OCH3 is 2. The second-order valence-electron chi connectivity index (χ2n) is 9.65. The molecule has 2 unspecified atom stereocenters. The van der Waals surface area contributed by atoms with Gasteiger partial charge in [0.05, 0.1) is 38.4 Å². The fraction of sp³-hybridized carbons (Fsp3) is 0.314. The molecule has 4 aromatic rings. The fourth-order valence-corrected chi connectivity index (χ4v) is 4.28. The van der Waals surface area contributed by atoms with Crippen molar-refractivity contribution in [2.45, 2.75) is 60.4 Å². The molecular weight excluding hydrogens is 526 g/mol. The molecule has 2 aromatic heterocycles. The van der Waals surface area contributed by atoms with Gasteiger partial charge >= 0.3 is 11.9 Å². The molecule has 2 atom stereocenters. The lowest BCUT2D eigenvalue weighted by Crippen LogP contribution is -2.16. The van der Waals surface area contributed by atoms with Gasteiger partial charge in [0.15, 0.2) is 0 Å². The van der Waals surface area contributed by atoms with E-state index >= 15 is 0 Å². The van der Waals surface area contributed by atoms with Crippen LogP contribution in [0, 0.1) is 13.8 Å². The highest BCUT2D eigenvalue weighted by molar-refractivity contribution is 5.71. The summed E-state index contributed by atoms with van der Waals surface area (Å²) in [7, 11) is 2.78. The van der Waals surface area contributed by atoms with Crippen molar-refractivity contribution in [3.8, 4) is 22.5 Å². The summed E-state index contributed by atoms with van der Waals surface area (Å²) in [6.07, 6.45) is 4.06. The summed E-state index contributed by atoms with van der Waals surface area (Å²) >= 11 is 0. The van der Waals surface area contributed by atoms with Gasteiger partial charge in [0.1, 0.15) is 0 Å². The van der Waals surface area contributed by atoms with E-state index in [9.17, 15) is 9.59 Å². The molecule has 2 N–H and O–H groups in total. The normalized spacial score (nSPS) is 11.4. The predicted octanol–water partition coefficient (Wildman–Crippen LogP) is 7.62. The van der Waals surface area contributed by atoms with E-state index in [1.807, 2.05) is 68.4 Å². The summed E-state index contributed by atoms with van der Waals surface area (Å²) < 4.78 is 9.36. The molecule has 0 aliphatic rings. The van der Waals surface area contributed by atoms with E-state index in [-0.39, 0.29) is 45.2 Å². The first-order valence-corrected chi connectivity index (χ1v) is 13.2. The summed E-state index contributed by atoms with van der Waals surface area (Å²) in [6.45, 7) is 6.13. The molecular formula is C35H45N3O4. The van der Waals surface area contributed by atoms with Crippen LogP contribution < -0.4 is 5.73 Å². The topological polar surface area (TPSA) is 104 Å². The number of pyridine rings is 2. The van der Waals surface area contributed by atoms with Crippen LogP contribution in [0.3, 0.4) is 0 Å². The van der Waals surface area contributed by atoms with Crippen molar-refractivity contribution in [3.63, 3.8) is 0 Å². The average molecular weight is 572 g/mol. The molecule has 0 saturated carbocycles. The highest BCUT2D eigenvalue weighted by Gasteiger charge is 2.14. The number of aryl methyl sites for hydroxylation is 2. The van der Waals surface area contributed by atoms with Crippen LogP contribution >= 0.6 is 0 Å². The van der Waals surface area contributed by atoms with Crippen LogP contribution in [0.2, 0.25) is 0 Å². The molecule has 0 aliphatic heterocycles. The van der Waals surface area contributed by atoms with E-state index in [0.717, 1.165) is 39.2 Å². The number of carbonyl (C=O) groups excluding carboxylic acids is 2. The monoisotopic (exact) mass is 571 g/mol. The van der Waals surface area contributed by atoms with E-state index in [4.69, 9.17) is 10.5 Å². The predicted molar refractivity (Wildman–Crippen MR) is 171 cm³/mol. The lowest BCUT2D eigenvalue weighted by atomic mass is 9.96. The van der Waals surface area contributed by atoms with Gasteiger partial charge in [0.25, 0.3) is 0 Å². The number of ether oxygens (including phenoxy) is 2. The Labute approximate surface area is 251 Å². The average Bonchev–Trinajstić information content (AvgIpc) is 2.98. The van der Waals surface area contributed by atoms with Crippen LogP contribution in [0.4, 0.5) is 0 Å². The highest BCUT2D eigenvalue weighted by atomic mass is 16.5. The number of benzene rings is 2. The van der Waals surface area contributed by atoms with Crippen molar-refractivity contribution >= 4 is 11.9 Å². The zero-order chi connectivity index (χ0) is 29.1. The zero-order valence-corrected chi connectivity index (χ0v) is 23.8. The molecule has 4 rings (SSSR count). The molecule has 0 amide bonds. The maximum absolute atomic E-state index is 11.4. The van der Waals surface area contributed by atoms with Crippen LogP contribution in [0.15, 0.2) is 85.2 Å². The van der Waals surface area contributed by atoms with Crippen molar-refractivity contribution in [2.24, 2.45) is 5.73 Å². The Kier molecular flexibility index (Phi) is 14.8. The number of nitrogens with two attached hydrogens (primary N) is 1. The van der Waals surface area contributed by atoms with Gasteiger partial charge in [-0.15, -0.1) is 0 Å². The van der Waals surface area contributed by atoms with Crippen molar-refractivity contribution in [1.82, 2.24) is 9.97 Å². The van der Waals surface area contributed by atoms with E-state index in [0.29, 0.717) is 6.42 Å². The summed E-state index contributed by atoms with van der Waals surface area (Å²) in [5, 5.41) is 0. The first kappa shape index (κ1) is 35.7. The number of hydrogen-bond donors (Lipinski definition) is 1. The maximum Gasteiger partial charge on any atom is 0.307 e. The van der Waals surface area contributed by atoms with E-state index in [1.165, 1.54) is 19.8 Å². The van der Waals surface area contributed by atoms with Gasteiger partial charge in [0.2, 0.25) is 0 Å². The number of hydrogen-bond acceptors (Lipinski definition) is 7. The molecule has 224 valence electrons. The molecule has 0 bridgehead atoms. The fourth-order valence-electron chi connectivity index (χ4n) is 4.28. The third kappa shape index (κ3) is 9.93. The highest BCUT2D eigenvalue weighted by Crippen LogP contribution is 2.26. The van der Waals surface area contributed by atoms with Gasteiger partial charge < -0.3 is 15.2 Å². The van der Waals surface area contributed by atoms with Crippen LogP contribution in [0.25, 0.3) is 22.5 Å². The van der Waals surface area contributed by atoms with Crippen LogP contribution in [0.1, 0.15) is 68.8 Å². The molecule has 7 heteroatoms. The molecule has 0 saturated heterocycles. The molecule has 0 spiro atoms. The second-order valence-corrected chi connectivity index (χ2v) is 9.65. The van der Waals surface area contributed by atoms with Gasteiger partial charge in [0, 0.05) is 29.6 Å². The van der Waals surface area contributed by atoms with Crippen molar-refractivity contribution < 1.29 is 19.1 Å². The van der Waals surface area contributed by atoms with Crippen molar-refractivity contribution in [1.29, 1.82) is 0 Å². The Morgan fingerprint density at radius 2 is 1.14 bits per heavy atom. The Morgan fingerprint density at radius 1 is 0.714 bits per heavy atom. The molecule has 0 aliphatic carbocycles. The molecule has 0 radical (unpaired) electrons. The van der Waals surface area contributed by atoms with Gasteiger partial charge in [-0.3, -0.25) is 19.6 Å². The number of carbonyl (C=O) groups is 2. The summed E-state index contributed by atoms with van der Waals surface area (Å²) in [6, 6.07) is 23.6. The van der Waals surface area contributed by atoms with E-state index < -0.39 is 0 Å². The quantitative estimate of drug-likeness (QED) is 0.217. The van der Waals surface area contributed by atoms with Gasteiger partial charge in [-0.1, -0.05) is 70.3 Å². The number of rotatable bonds is 8. The zero-order valence-electron chi connectivity index (χ0n) is 23.8. The minimum absolute atomic E-state index is 0. The van der Waals surface area contributed by atoms with Crippen LogP contribution in [0.5, 0.6) is 0 Å². The van der Waals surface area contributed by atoms with E-state index in [2.05, 4.69) is 39.8 Å². The molecule has 2 aromatic carbocycles. The lowest BCUT2D eigenvalue weighted by molar-refractivity contribution is -0.141. The third-order valence-electron chi connectivity index (χ3n) is 6.72. The number of esters is 2. The Hall–Kier alpha value is -4.36. The molecule has 2 heterocycles. The maximum atomic E-state index is 11.4. The Morgan fingerprint density at radius 3 is 1.62 bits per heavy atom. The SMILES string of the molecule is C.C.COC(=O)CC(C)c1ccnc(-c2ccccc2C)c1.COC(=O)CC(N)c1ccnc(-c2ccccc2C)c1. The standard InChI is InChI=1S/C17H19NO2.C16H18N2O2.2CH4/c1-12-6-4-5-7-15(12)16-11-14(8-9-18-16)13(2)10-17(19)20-3;1-11-5-3-4-6-13(11)15-9-12(7-8-18-15)14(17)10-16(19)20-2;;/h4-9,11,13H,10H2,1-3H3;3-9,14H,10,17H2,1-2H3;2*1H4. The van der Waals surface area contributed by atoms with Crippen LogP contribution in [-0.4, -0.2) is 36.1 Å². The van der Waals surface area contributed by atoms with Gasteiger partial charge in [-0.05, 0) is 66.3 Å². The van der Waals surface area contributed by atoms with Crippen LogP contribution in [-0.2, 0) is 19.1 Å². The smallest absolute Gasteiger partial charge is 0.307 e. The second kappa shape index (κ2) is 17.5. The summed E-state index contributed by atoms with van der Waals surface area (Å²) in [5.41, 5.74) is 14.3. The van der Waals surface area contributed by atoms with Crippen molar-refractivity contribution in [2.75, 3.05) is 14.2 Å². The first-order chi connectivity index (χ1) is 19.2. The molecule has 0 fully saturated rings. The number of nitrogens with zero attached hydrogens (tertiary/aromatic N) is 2. The Bertz CT molecular complexity index is 1330. The van der Waals surface area contributed by atoms with Gasteiger partial charge in [-0.2, -0.15) is 0 Å². The summed E-state index contributed by atoms with van der Waals surface area (Å²) in [4.78, 5) is 31.5. The molecule has 42 heavy (non-hydrogen) atoms. The minimum atomic E-state index is -0.381. The largest absolute Gasteiger partial charge is 0.469 e. The number of aromatic nitrogens is 2. The van der Waals surface area contributed by atoms with E-state index in [1.54, 1.807) is 12.4 Å². The molecule has 7 nitrogen and oxygen atoms in total. The third-order valence-corrected chi connectivity index (χ3v) is 6.72.